The molecule has 2 atom stereocenters. The number of alkyl halides is 3. The van der Waals surface area contributed by atoms with Crippen LogP contribution in [0.25, 0.3) is 0 Å². The summed E-state index contributed by atoms with van der Waals surface area (Å²) >= 11 is 0. The van der Waals surface area contributed by atoms with E-state index >= 15 is 0 Å². The first-order chi connectivity index (χ1) is 13.0. The molecule has 0 saturated carbocycles. The number of hydrogen-bond acceptors (Lipinski definition) is 5. The van der Waals surface area contributed by atoms with E-state index < -0.39 is 22.2 Å². The minimum Gasteiger partial charge on any atom is -0.475 e. The molecule has 2 saturated heterocycles. The lowest BCUT2D eigenvalue weighted by atomic mass is 10.1. The van der Waals surface area contributed by atoms with Gasteiger partial charge in [-0.25, -0.2) is 13.2 Å². The van der Waals surface area contributed by atoms with Gasteiger partial charge < -0.3 is 10.0 Å². The second kappa shape index (κ2) is 8.43. The highest BCUT2D eigenvalue weighted by Crippen LogP contribution is 2.37. The SMILES string of the molecule is CCCS(=O)(=O)N1CC[C@@H]2[C@@H]1CC(=O)N2c1cccnc1.O=C(O)C(F)(F)F. The zero-order chi connectivity index (χ0) is 21.1. The van der Waals surface area contributed by atoms with Crippen molar-refractivity contribution in [3.63, 3.8) is 0 Å². The summed E-state index contributed by atoms with van der Waals surface area (Å²) in [4.78, 5) is 27.0. The molecule has 0 unspecified atom stereocenters. The molecular formula is C16H20F3N3O5S. The van der Waals surface area contributed by atoms with Crippen LogP contribution >= 0.6 is 0 Å². The normalized spacial score (nSPS) is 22.6. The highest BCUT2D eigenvalue weighted by molar-refractivity contribution is 7.89. The quantitative estimate of drug-likeness (QED) is 0.789. The van der Waals surface area contributed by atoms with Gasteiger partial charge in [-0.05, 0) is 25.0 Å². The number of sulfonamides is 1. The van der Waals surface area contributed by atoms with Crippen molar-refractivity contribution in [1.29, 1.82) is 0 Å². The van der Waals surface area contributed by atoms with E-state index in [1.54, 1.807) is 23.4 Å². The van der Waals surface area contributed by atoms with Gasteiger partial charge in [0.15, 0.2) is 0 Å². The Labute approximate surface area is 160 Å². The number of hydrogen-bond donors (Lipinski definition) is 1. The number of nitrogens with zero attached hydrogens (tertiary/aromatic N) is 3. The minimum absolute atomic E-state index is 0.0191. The van der Waals surface area contributed by atoms with Crippen LogP contribution in [0.2, 0.25) is 0 Å². The Kier molecular flexibility index (Phi) is 6.65. The summed E-state index contributed by atoms with van der Waals surface area (Å²) in [5.74, 6) is -2.63. The standard InChI is InChI=1S/C14H19N3O3S.C2HF3O2/c1-2-8-21(19,20)16-7-5-12-13(16)9-14(18)17(12)11-4-3-6-15-10-11;3-2(4,5)1(6)7/h3-4,6,10,12-13H,2,5,7-9H2,1H3;(H,6,7)/t12-,13+;/m1./s1. The van der Waals surface area contributed by atoms with Crippen LogP contribution in [0.3, 0.4) is 0 Å². The third kappa shape index (κ3) is 4.79. The van der Waals surface area contributed by atoms with Gasteiger partial charge in [-0.3, -0.25) is 9.78 Å². The second-order valence-corrected chi connectivity index (χ2v) is 8.37. The van der Waals surface area contributed by atoms with E-state index in [0.29, 0.717) is 19.4 Å². The van der Waals surface area contributed by atoms with Gasteiger partial charge in [0.05, 0.1) is 29.7 Å². The van der Waals surface area contributed by atoms with Crippen molar-refractivity contribution in [2.45, 2.75) is 44.4 Å². The van der Waals surface area contributed by atoms with Crippen LogP contribution in [-0.4, -0.2) is 65.2 Å². The van der Waals surface area contributed by atoms with Crippen LogP contribution in [0, 0.1) is 0 Å². The molecule has 12 heteroatoms. The molecule has 2 aliphatic rings. The van der Waals surface area contributed by atoms with Gasteiger partial charge in [0.25, 0.3) is 0 Å². The Morgan fingerprint density at radius 2 is 2.00 bits per heavy atom. The van der Waals surface area contributed by atoms with E-state index in [9.17, 15) is 26.4 Å². The van der Waals surface area contributed by atoms with E-state index in [1.807, 2.05) is 13.0 Å². The van der Waals surface area contributed by atoms with E-state index in [-0.39, 0.29) is 30.2 Å². The van der Waals surface area contributed by atoms with E-state index in [0.717, 1.165) is 5.69 Å². The number of rotatable bonds is 4. The van der Waals surface area contributed by atoms with Crippen molar-refractivity contribution >= 4 is 27.6 Å². The number of halogens is 3. The third-order valence-corrected chi connectivity index (χ3v) is 6.52. The van der Waals surface area contributed by atoms with Crippen LogP contribution in [-0.2, 0) is 19.6 Å². The number of pyridine rings is 1. The summed E-state index contributed by atoms with van der Waals surface area (Å²) < 4.78 is 57.9. The summed E-state index contributed by atoms with van der Waals surface area (Å²) in [6.45, 7) is 2.36. The van der Waals surface area contributed by atoms with Gasteiger partial charge in [-0.1, -0.05) is 6.92 Å². The predicted molar refractivity (Wildman–Crippen MR) is 93.0 cm³/mol. The number of aliphatic carboxylic acids is 1. The van der Waals surface area contributed by atoms with Crippen molar-refractivity contribution in [3.8, 4) is 0 Å². The summed E-state index contributed by atoms with van der Waals surface area (Å²) in [6, 6.07) is 3.34. The van der Waals surface area contributed by atoms with Gasteiger partial charge in [0, 0.05) is 19.2 Å². The lowest BCUT2D eigenvalue weighted by molar-refractivity contribution is -0.192. The highest BCUT2D eigenvalue weighted by Gasteiger charge is 2.50. The molecule has 1 aromatic rings. The van der Waals surface area contributed by atoms with Crippen LogP contribution in [0.4, 0.5) is 18.9 Å². The summed E-state index contributed by atoms with van der Waals surface area (Å²) in [5, 5.41) is 7.12. The maximum absolute atomic E-state index is 12.3. The molecule has 1 amide bonds. The summed E-state index contributed by atoms with van der Waals surface area (Å²) in [5.41, 5.74) is 0.754. The van der Waals surface area contributed by atoms with Gasteiger partial charge in [0.2, 0.25) is 15.9 Å². The first-order valence-corrected chi connectivity index (χ1v) is 10.1. The molecule has 28 heavy (non-hydrogen) atoms. The Hall–Kier alpha value is -2.21. The molecule has 3 heterocycles. The molecule has 0 spiro atoms. The molecule has 8 nitrogen and oxygen atoms in total. The van der Waals surface area contributed by atoms with Gasteiger partial charge >= 0.3 is 12.1 Å². The fourth-order valence-corrected chi connectivity index (χ4v) is 5.12. The molecule has 1 aromatic heterocycles. The highest BCUT2D eigenvalue weighted by atomic mass is 32.2. The molecule has 0 radical (unpaired) electrons. The number of carbonyl (C=O) groups excluding carboxylic acids is 1. The number of carboxylic acids is 1. The average molecular weight is 423 g/mol. The number of amides is 1. The first kappa shape index (κ1) is 22.1. The minimum atomic E-state index is -5.08. The molecular weight excluding hydrogens is 403 g/mol. The lowest BCUT2D eigenvalue weighted by Crippen LogP contribution is -2.40. The van der Waals surface area contributed by atoms with Gasteiger partial charge in [-0.15, -0.1) is 0 Å². The predicted octanol–water partition coefficient (Wildman–Crippen LogP) is 1.63. The van der Waals surface area contributed by atoms with Crippen LogP contribution in [0.5, 0.6) is 0 Å². The fourth-order valence-electron chi connectivity index (χ4n) is 3.36. The first-order valence-electron chi connectivity index (χ1n) is 8.50. The molecule has 0 aromatic carbocycles. The number of anilines is 1. The number of fused-ring (bicyclic) bond motifs is 1. The summed E-state index contributed by atoms with van der Waals surface area (Å²) in [7, 11) is -3.25. The van der Waals surface area contributed by atoms with E-state index in [2.05, 4.69) is 4.98 Å². The van der Waals surface area contributed by atoms with Crippen molar-refractivity contribution < 1.29 is 36.3 Å². The Morgan fingerprint density at radius 1 is 1.36 bits per heavy atom. The molecule has 2 aliphatic heterocycles. The summed E-state index contributed by atoms with van der Waals surface area (Å²) in [6.07, 6.45) is -0.217. The second-order valence-electron chi connectivity index (χ2n) is 6.33. The maximum Gasteiger partial charge on any atom is 0.490 e. The molecule has 0 aliphatic carbocycles. The largest absolute Gasteiger partial charge is 0.490 e. The van der Waals surface area contributed by atoms with Gasteiger partial charge in [-0.2, -0.15) is 17.5 Å². The Morgan fingerprint density at radius 3 is 2.50 bits per heavy atom. The topological polar surface area (TPSA) is 108 Å². The number of carboxylic acid groups (broad SMARTS) is 1. The smallest absolute Gasteiger partial charge is 0.475 e. The fraction of sp³-hybridized carbons (Fsp3) is 0.562. The molecule has 156 valence electrons. The van der Waals surface area contributed by atoms with Gasteiger partial charge in [0.1, 0.15) is 0 Å². The third-order valence-electron chi connectivity index (χ3n) is 4.43. The van der Waals surface area contributed by atoms with Crippen LogP contribution < -0.4 is 4.90 Å². The zero-order valence-electron chi connectivity index (χ0n) is 15.0. The van der Waals surface area contributed by atoms with Crippen LogP contribution in [0.15, 0.2) is 24.5 Å². The number of aromatic nitrogens is 1. The van der Waals surface area contributed by atoms with E-state index in [1.165, 1.54) is 4.31 Å². The molecule has 0 bridgehead atoms. The molecule has 3 rings (SSSR count). The molecule has 2 fully saturated rings. The monoisotopic (exact) mass is 423 g/mol. The van der Waals surface area contributed by atoms with Crippen LogP contribution in [0.1, 0.15) is 26.2 Å². The Balaban J connectivity index is 0.000000345. The Bertz CT molecular complexity index is 817. The van der Waals surface area contributed by atoms with Crippen molar-refractivity contribution in [1.82, 2.24) is 9.29 Å². The lowest BCUT2D eigenvalue weighted by Gasteiger charge is -2.24. The van der Waals surface area contributed by atoms with Crippen molar-refractivity contribution in [2.75, 3.05) is 17.2 Å². The molecule has 1 N–H and O–H groups in total. The number of carbonyl (C=O) groups is 2. The zero-order valence-corrected chi connectivity index (χ0v) is 15.8. The van der Waals surface area contributed by atoms with E-state index in [4.69, 9.17) is 9.90 Å². The maximum atomic E-state index is 12.3. The average Bonchev–Trinajstić information content (AvgIpc) is 3.13. The van der Waals surface area contributed by atoms with Crippen molar-refractivity contribution in [2.24, 2.45) is 0 Å². The van der Waals surface area contributed by atoms with Crippen molar-refractivity contribution in [3.05, 3.63) is 24.5 Å².